The van der Waals surface area contributed by atoms with Crippen molar-refractivity contribution in [1.82, 2.24) is 4.98 Å². The number of hydrogen-bond donors (Lipinski definition) is 0. The summed E-state index contributed by atoms with van der Waals surface area (Å²) in [5, 5.41) is 0. The van der Waals surface area contributed by atoms with Gasteiger partial charge in [-0.2, -0.15) is 0 Å². The van der Waals surface area contributed by atoms with E-state index in [1.54, 1.807) is 0 Å². The van der Waals surface area contributed by atoms with Crippen molar-refractivity contribution in [2.45, 2.75) is 32.6 Å². The van der Waals surface area contributed by atoms with Crippen molar-refractivity contribution >= 4 is 0 Å². The molecule has 0 aliphatic heterocycles. The Morgan fingerprint density at radius 3 is 2.54 bits per heavy atom. The van der Waals surface area contributed by atoms with Gasteiger partial charge in [-0.15, -0.1) is 0 Å². The highest BCUT2D eigenvalue weighted by molar-refractivity contribution is 5.33. The maximum absolute atomic E-state index is 4.46. The molecule has 0 amide bonds. The van der Waals surface area contributed by atoms with Gasteiger partial charge in [-0.3, -0.25) is 4.98 Å². The molecule has 1 aromatic heterocycles. The van der Waals surface area contributed by atoms with Gasteiger partial charge in [0, 0.05) is 11.9 Å². The summed E-state index contributed by atoms with van der Waals surface area (Å²) in [6.07, 6.45) is 8.64. The maximum atomic E-state index is 4.46. The lowest BCUT2D eigenvalue weighted by atomic mass is 9.96. The smallest absolute Gasteiger partial charge is 0.0432 e. The molecule has 1 heteroatoms. The van der Waals surface area contributed by atoms with Crippen LogP contribution in [0, 0.1) is 0 Å². The van der Waals surface area contributed by atoms with Crippen molar-refractivity contribution in [2.75, 3.05) is 0 Å². The van der Waals surface area contributed by atoms with E-state index in [2.05, 4.69) is 37.0 Å². The Bertz CT molecular complexity index is 337. The zero-order valence-corrected chi connectivity index (χ0v) is 8.25. The third kappa shape index (κ3) is 1.64. The van der Waals surface area contributed by atoms with Crippen LogP contribution in [0.15, 0.2) is 24.4 Å². The van der Waals surface area contributed by atoms with Gasteiger partial charge in [0.1, 0.15) is 0 Å². The van der Waals surface area contributed by atoms with E-state index in [0.717, 1.165) is 12.8 Å². The monoisotopic (exact) mass is 173 g/mol. The third-order valence-corrected chi connectivity index (χ3v) is 2.54. The molecule has 1 aliphatic rings. The molecule has 1 aliphatic carbocycles. The fourth-order valence-electron chi connectivity index (χ4n) is 1.65. The number of pyridine rings is 1. The Labute approximate surface area is 79.5 Å². The fraction of sp³-hybridized carbons (Fsp3) is 0.417. The second-order valence-corrected chi connectivity index (χ2v) is 3.91. The molecule has 0 fully saturated rings. The first kappa shape index (κ1) is 8.49. The summed E-state index contributed by atoms with van der Waals surface area (Å²) in [4.78, 5) is 4.46. The van der Waals surface area contributed by atoms with Crippen LogP contribution in [0.5, 0.6) is 0 Å². The maximum Gasteiger partial charge on any atom is 0.0432 e. The number of allylic oxidation sites excluding steroid dienone is 2. The average molecular weight is 173 g/mol. The van der Waals surface area contributed by atoms with Crippen LogP contribution in [0.4, 0.5) is 0 Å². The zero-order valence-electron chi connectivity index (χ0n) is 8.25. The predicted octanol–water partition coefficient (Wildman–Crippen LogP) is 2.86. The second kappa shape index (κ2) is 3.33. The molecule has 0 saturated carbocycles. The third-order valence-electron chi connectivity index (χ3n) is 2.54. The van der Waals surface area contributed by atoms with E-state index in [9.17, 15) is 0 Å². The van der Waals surface area contributed by atoms with Crippen molar-refractivity contribution in [1.29, 1.82) is 0 Å². The van der Waals surface area contributed by atoms with E-state index in [1.165, 1.54) is 16.8 Å². The number of rotatable bonds is 1. The lowest BCUT2D eigenvalue weighted by Gasteiger charge is -2.13. The molecule has 1 nitrogen and oxygen atoms in total. The molecule has 13 heavy (non-hydrogen) atoms. The number of aromatic nitrogens is 1. The topological polar surface area (TPSA) is 12.9 Å². The normalized spacial score (nSPS) is 14.7. The summed E-state index contributed by atoms with van der Waals surface area (Å²) in [6, 6.07) is 2.25. The molecular formula is C12H15N. The van der Waals surface area contributed by atoms with Crippen LogP contribution in [0.25, 0.3) is 0 Å². The molecule has 0 spiro atoms. The van der Waals surface area contributed by atoms with Crippen molar-refractivity contribution < 1.29 is 0 Å². The Balaban J connectivity index is 2.38. The first-order valence-corrected chi connectivity index (χ1v) is 4.90. The van der Waals surface area contributed by atoms with Gasteiger partial charge in [0.2, 0.25) is 0 Å². The van der Waals surface area contributed by atoms with Gasteiger partial charge in [-0.05, 0) is 36.0 Å². The summed E-state index contributed by atoms with van der Waals surface area (Å²) in [5.74, 6) is 0.538. The second-order valence-electron chi connectivity index (χ2n) is 3.91. The number of fused-ring (bicyclic) bond motifs is 1. The van der Waals surface area contributed by atoms with Gasteiger partial charge in [-0.25, -0.2) is 0 Å². The highest BCUT2D eigenvalue weighted by atomic mass is 14.7. The summed E-state index contributed by atoms with van der Waals surface area (Å²) in [7, 11) is 0. The van der Waals surface area contributed by atoms with Crippen molar-refractivity contribution in [2.24, 2.45) is 0 Å². The minimum Gasteiger partial charge on any atom is -0.261 e. The van der Waals surface area contributed by atoms with Gasteiger partial charge < -0.3 is 0 Å². The van der Waals surface area contributed by atoms with E-state index < -0.39 is 0 Å². The minimum atomic E-state index is 0.538. The van der Waals surface area contributed by atoms with Crippen LogP contribution in [-0.4, -0.2) is 4.98 Å². The van der Waals surface area contributed by atoms with Crippen molar-refractivity contribution in [3.05, 3.63) is 41.2 Å². The molecule has 68 valence electrons. The predicted molar refractivity (Wildman–Crippen MR) is 54.9 cm³/mol. The average Bonchev–Trinajstić information content (AvgIpc) is 2.17. The molecule has 2 rings (SSSR count). The quantitative estimate of drug-likeness (QED) is 0.595. The Hall–Kier alpha value is -1.11. The summed E-state index contributed by atoms with van der Waals surface area (Å²) >= 11 is 0. The van der Waals surface area contributed by atoms with Gasteiger partial charge >= 0.3 is 0 Å². The molecule has 1 heterocycles. The molecule has 0 N–H and O–H groups in total. The SMILES string of the molecule is CC(C)c1cc2c(cn1)CC=CC2. The van der Waals surface area contributed by atoms with Gasteiger partial charge in [0.25, 0.3) is 0 Å². The molecule has 0 unspecified atom stereocenters. The molecule has 0 bridgehead atoms. The standard InChI is InChI=1S/C12H15N/c1-9(2)12-7-10-5-3-4-6-11(10)8-13-12/h3-4,7-9H,5-6H2,1-2H3. The number of hydrogen-bond acceptors (Lipinski definition) is 1. The van der Waals surface area contributed by atoms with Crippen LogP contribution >= 0.6 is 0 Å². The van der Waals surface area contributed by atoms with Crippen LogP contribution in [0.3, 0.4) is 0 Å². The van der Waals surface area contributed by atoms with E-state index in [1.807, 2.05) is 6.20 Å². The van der Waals surface area contributed by atoms with Gasteiger partial charge in [0.15, 0.2) is 0 Å². The number of nitrogens with zero attached hydrogens (tertiary/aromatic N) is 1. The van der Waals surface area contributed by atoms with Gasteiger partial charge in [0.05, 0.1) is 0 Å². The molecule has 0 atom stereocenters. The van der Waals surface area contributed by atoms with Crippen LogP contribution in [-0.2, 0) is 12.8 Å². The Kier molecular flexibility index (Phi) is 2.17. The van der Waals surface area contributed by atoms with E-state index in [4.69, 9.17) is 0 Å². The molecule has 1 aromatic rings. The largest absolute Gasteiger partial charge is 0.261 e. The summed E-state index contributed by atoms with van der Waals surface area (Å²) in [6.45, 7) is 4.38. The Morgan fingerprint density at radius 2 is 1.85 bits per heavy atom. The van der Waals surface area contributed by atoms with Crippen molar-refractivity contribution in [3.63, 3.8) is 0 Å². The van der Waals surface area contributed by atoms with Crippen molar-refractivity contribution in [3.8, 4) is 0 Å². The first-order valence-electron chi connectivity index (χ1n) is 4.90. The fourth-order valence-corrected chi connectivity index (χ4v) is 1.65. The molecular weight excluding hydrogens is 158 g/mol. The zero-order chi connectivity index (χ0) is 9.26. The lowest BCUT2D eigenvalue weighted by Crippen LogP contribution is -2.02. The van der Waals surface area contributed by atoms with E-state index in [-0.39, 0.29) is 0 Å². The lowest BCUT2D eigenvalue weighted by molar-refractivity contribution is 0.813. The van der Waals surface area contributed by atoms with E-state index in [0.29, 0.717) is 5.92 Å². The van der Waals surface area contributed by atoms with Crippen LogP contribution < -0.4 is 0 Å². The highest BCUT2D eigenvalue weighted by Crippen LogP contribution is 2.20. The van der Waals surface area contributed by atoms with Gasteiger partial charge in [-0.1, -0.05) is 26.0 Å². The summed E-state index contributed by atoms with van der Waals surface area (Å²) < 4.78 is 0. The molecule has 0 aromatic carbocycles. The molecule has 0 radical (unpaired) electrons. The highest BCUT2D eigenvalue weighted by Gasteiger charge is 2.08. The Morgan fingerprint density at radius 1 is 1.15 bits per heavy atom. The van der Waals surface area contributed by atoms with Crippen LogP contribution in [0.1, 0.15) is 36.6 Å². The van der Waals surface area contributed by atoms with Crippen LogP contribution in [0.2, 0.25) is 0 Å². The summed E-state index contributed by atoms with van der Waals surface area (Å²) in [5.41, 5.74) is 4.07. The van der Waals surface area contributed by atoms with E-state index >= 15 is 0 Å². The first-order chi connectivity index (χ1) is 6.27. The molecule has 0 saturated heterocycles. The minimum absolute atomic E-state index is 0.538.